The fourth-order valence-corrected chi connectivity index (χ4v) is 1.98. The molecule has 0 radical (unpaired) electrons. The molecule has 3 N–H and O–H groups in total. The first kappa shape index (κ1) is 16.6. The molecule has 1 rings (SSSR count). The Balaban J connectivity index is 3.07. The van der Waals surface area contributed by atoms with Gasteiger partial charge in [-0.2, -0.15) is 0 Å². The highest BCUT2D eigenvalue weighted by Crippen LogP contribution is 2.22. The van der Waals surface area contributed by atoms with Crippen LogP contribution in [0.4, 0.5) is 5.69 Å². The molecular weight excluding hydrogens is 278 g/mol. The van der Waals surface area contributed by atoms with E-state index in [1.807, 2.05) is 6.92 Å². The van der Waals surface area contributed by atoms with Crippen LogP contribution in [0.1, 0.15) is 29.3 Å². The summed E-state index contributed by atoms with van der Waals surface area (Å²) in [5.41, 5.74) is 5.25. The second kappa shape index (κ2) is 7.34. The van der Waals surface area contributed by atoms with Crippen molar-refractivity contribution in [2.45, 2.75) is 19.9 Å². The fraction of sp³-hybridized carbons (Fsp3) is 0.385. The molecule has 0 heterocycles. The Morgan fingerprint density at radius 3 is 2.57 bits per heavy atom. The number of carboxylic acid groups (broad SMARTS) is 1. The first-order valence-corrected chi connectivity index (χ1v) is 6.36. The van der Waals surface area contributed by atoms with Crippen LogP contribution in [0.2, 0.25) is 0 Å². The molecule has 1 aromatic rings. The Kier molecular flexibility index (Phi) is 5.79. The number of carbonyl (C=O) groups excluding carboxylic acids is 1. The highest BCUT2D eigenvalue weighted by Gasteiger charge is 2.19. The number of hydrogen-bond donors (Lipinski definition) is 2. The Labute approximate surface area is 121 Å². The SMILES string of the molecule is CCCN(CC(=O)O)Cc1ccc(C(N)=O)cc1[N+](=O)[O-]. The summed E-state index contributed by atoms with van der Waals surface area (Å²) in [5, 5.41) is 19.9. The largest absolute Gasteiger partial charge is 0.480 e. The van der Waals surface area contributed by atoms with Crippen molar-refractivity contribution in [3.8, 4) is 0 Å². The highest BCUT2D eigenvalue weighted by molar-refractivity contribution is 5.93. The molecule has 21 heavy (non-hydrogen) atoms. The summed E-state index contributed by atoms with van der Waals surface area (Å²) in [4.78, 5) is 33.9. The standard InChI is InChI=1S/C13H17N3O5/c1-2-5-15(8-12(17)18)7-10-4-3-9(13(14)19)6-11(10)16(20)21/h3-4,6H,2,5,7-8H2,1H3,(H2,14,19)(H,17,18). The number of benzene rings is 1. The van der Waals surface area contributed by atoms with Gasteiger partial charge in [0, 0.05) is 23.7 Å². The second-order valence-corrected chi connectivity index (χ2v) is 4.57. The van der Waals surface area contributed by atoms with Crippen molar-refractivity contribution in [3.63, 3.8) is 0 Å². The van der Waals surface area contributed by atoms with E-state index in [9.17, 15) is 19.7 Å². The van der Waals surface area contributed by atoms with Crippen molar-refractivity contribution in [1.82, 2.24) is 4.90 Å². The van der Waals surface area contributed by atoms with Crippen molar-refractivity contribution >= 4 is 17.6 Å². The zero-order chi connectivity index (χ0) is 16.0. The third kappa shape index (κ3) is 4.84. The van der Waals surface area contributed by atoms with Crippen LogP contribution in [-0.4, -0.2) is 39.9 Å². The first-order valence-electron chi connectivity index (χ1n) is 6.36. The minimum absolute atomic E-state index is 0.0470. The normalized spacial score (nSPS) is 10.6. The molecule has 114 valence electrons. The molecule has 1 aromatic carbocycles. The van der Waals surface area contributed by atoms with E-state index in [0.717, 1.165) is 12.5 Å². The van der Waals surface area contributed by atoms with Gasteiger partial charge in [-0.05, 0) is 19.0 Å². The van der Waals surface area contributed by atoms with Gasteiger partial charge >= 0.3 is 5.97 Å². The lowest BCUT2D eigenvalue weighted by Crippen LogP contribution is -2.30. The van der Waals surface area contributed by atoms with Crippen LogP contribution >= 0.6 is 0 Å². The van der Waals surface area contributed by atoms with Gasteiger partial charge in [-0.1, -0.05) is 13.0 Å². The molecular formula is C13H17N3O5. The van der Waals surface area contributed by atoms with E-state index >= 15 is 0 Å². The summed E-state index contributed by atoms with van der Waals surface area (Å²) >= 11 is 0. The Morgan fingerprint density at radius 1 is 1.43 bits per heavy atom. The predicted octanol–water partition coefficient (Wildman–Crippen LogP) is 0.990. The predicted molar refractivity (Wildman–Crippen MR) is 74.8 cm³/mol. The number of nitrogens with two attached hydrogens (primary N) is 1. The van der Waals surface area contributed by atoms with Crippen LogP contribution in [-0.2, 0) is 11.3 Å². The van der Waals surface area contributed by atoms with Crippen LogP contribution < -0.4 is 5.73 Å². The number of aliphatic carboxylic acids is 1. The molecule has 0 atom stereocenters. The summed E-state index contributed by atoms with van der Waals surface area (Å²) in [5.74, 6) is -1.75. The van der Waals surface area contributed by atoms with E-state index in [2.05, 4.69) is 0 Å². The van der Waals surface area contributed by atoms with E-state index < -0.39 is 16.8 Å². The molecule has 0 unspecified atom stereocenters. The maximum Gasteiger partial charge on any atom is 0.317 e. The number of carboxylic acids is 1. The number of nitro groups is 1. The van der Waals surface area contributed by atoms with Gasteiger partial charge in [0.1, 0.15) is 0 Å². The maximum absolute atomic E-state index is 11.1. The third-order valence-electron chi connectivity index (χ3n) is 2.86. The summed E-state index contributed by atoms with van der Waals surface area (Å²) in [7, 11) is 0. The Morgan fingerprint density at radius 2 is 2.10 bits per heavy atom. The van der Waals surface area contributed by atoms with E-state index in [4.69, 9.17) is 10.8 Å². The maximum atomic E-state index is 11.1. The first-order chi connectivity index (χ1) is 9.85. The molecule has 0 aliphatic carbocycles. The zero-order valence-corrected chi connectivity index (χ0v) is 11.6. The molecule has 0 bridgehead atoms. The minimum atomic E-state index is -1.00. The minimum Gasteiger partial charge on any atom is -0.480 e. The van der Waals surface area contributed by atoms with E-state index in [0.29, 0.717) is 12.1 Å². The van der Waals surface area contributed by atoms with Crippen molar-refractivity contribution in [3.05, 3.63) is 39.4 Å². The number of carbonyl (C=O) groups is 2. The van der Waals surface area contributed by atoms with Crippen molar-refractivity contribution in [2.24, 2.45) is 5.73 Å². The molecule has 0 spiro atoms. The quantitative estimate of drug-likeness (QED) is 0.544. The van der Waals surface area contributed by atoms with Gasteiger partial charge in [-0.3, -0.25) is 24.6 Å². The molecule has 8 nitrogen and oxygen atoms in total. The van der Waals surface area contributed by atoms with Crippen molar-refractivity contribution < 1.29 is 19.6 Å². The molecule has 0 aliphatic heterocycles. The smallest absolute Gasteiger partial charge is 0.317 e. The molecule has 8 heteroatoms. The lowest BCUT2D eigenvalue weighted by Gasteiger charge is -2.19. The summed E-state index contributed by atoms with van der Waals surface area (Å²) in [6.45, 7) is 2.30. The van der Waals surface area contributed by atoms with Crippen LogP contribution in [0.3, 0.4) is 0 Å². The van der Waals surface area contributed by atoms with Crippen LogP contribution in [0.5, 0.6) is 0 Å². The van der Waals surface area contributed by atoms with Crippen LogP contribution in [0.15, 0.2) is 18.2 Å². The molecule has 0 aliphatic rings. The summed E-state index contributed by atoms with van der Waals surface area (Å²) in [6.07, 6.45) is 0.723. The molecule has 0 aromatic heterocycles. The lowest BCUT2D eigenvalue weighted by molar-refractivity contribution is -0.385. The average molecular weight is 295 g/mol. The highest BCUT2D eigenvalue weighted by atomic mass is 16.6. The van der Waals surface area contributed by atoms with E-state index in [1.54, 1.807) is 4.90 Å². The van der Waals surface area contributed by atoms with Crippen molar-refractivity contribution in [2.75, 3.05) is 13.1 Å². The molecule has 1 amide bonds. The lowest BCUT2D eigenvalue weighted by atomic mass is 10.1. The fourth-order valence-electron chi connectivity index (χ4n) is 1.98. The van der Waals surface area contributed by atoms with E-state index in [-0.39, 0.29) is 24.3 Å². The number of primary amides is 1. The molecule has 0 saturated heterocycles. The van der Waals surface area contributed by atoms with Crippen LogP contribution in [0.25, 0.3) is 0 Å². The van der Waals surface area contributed by atoms with Crippen LogP contribution in [0, 0.1) is 10.1 Å². The number of rotatable bonds is 8. The van der Waals surface area contributed by atoms with E-state index in [1.165, 1.54) is 12.1 Å². The second-order valence-electron chi connectivity index (χ2n) is 4.57. The third-order valence-corrected chi connectivity index (χ3v) is 2.86. The number of nitro benzene ring substituents is 1. The topological polar surface area (TPSA) is 127 Å². The molecule has 0 fully saturated rings. The van der Waals surface area contributed by atoms with Gasteiger partial charge in [0.25, 0.3) is 5.69 Å². The number of nitrogens with zero attached hydrogens (tertiary/aromatic N) is 2. The van der Waals surface area contributed by atoms with Gasteiger partial charge in [0.2, 0.25) is 5.91 Å². The van der Waals surface area contributed by atoms with Gasteiger partial charge in [-0.15, -0.1) is 0 Å². The van der Waals surface area contributed by atoms with Crippen molar-refractivity contribution in [1.29, 1.82) is 0 Å². The van der Waals surface area contributed by atoms with Gasteiger partial charge < -0.3 is 10.8 Å². The Hall–Kier alpha value is -2.48. The van der Waals surface area contributed by atoms with Gasteiger partial charge in [0.15, 0.2) is 0 Å². The van der Waals surface area contributed by atoms with Gasteiger partial charge in [0.05, 0.1) is 11.5 Å². The average Bonchev–Trinajstić information content (AvgIpc) is 2.38. The monoisotopic (exact) mass is 295 g/mol. The summed E-state index contributed by atoms with van der Waals surface area (Å²) in [6, 6.07) is 3.95. The zero-order valence-electron chi connectivity index (χ0n) is 11.6. The summed E-state index contributed by atoms with van der Waals surface area (Å²) < 4.78 is 0. The number of hydrogen-bond acceptors (Lipinski definition) is 5. The van der Waals surface area contributed by atoms with Gasteiger partial charge in [-0.25, -0.2) is 0 Å². The number of amides is 1. The Bertz CT molecular complexity index is 559. The molecule has 0 saturated carbocycles.